The Morgan fingerprint density at radius 2 is 2.10 bits per heavy atom. The van der Waals surface area contributed by atoms with Gasteiger partial charge in [0.1, 0.15) is 10.6 Å². The number of rotatable bonds is 6. The summed E-state index contributed by atoms with van der Waals surface area (Å²) in [6.45, 7) is 8.00. The van der Waals surface area contributed by atoms with E-state index in [1.165, 1.54) is 0 Å². The summed E-state index contributed by atoms with van der Waals surface area (Å²) in [4.78, 5) is 24.2. The molecule has 0 saturated heterocycles. The zero-order valence-corrected chi connectivity index (χ0v) is 14.0. The van der Waals surface area contributed by atoms with Crippen molar-refractivity contribution in [3.05, 3.63) is 16.2 Å². The third-order valence-corrected chi connectivity index (χ3v) is 4.35. The van der Waals surface area contributed by atoms with Gasteiger partial charge in [-0.25, -0.2) is 9.97 Å². The van der Waals surface area contributed by atoms with E-state index in [0.29, 0.717) is 18.8 Å². The molecule has 2 heterocycles. The minimum atomic E-state index is 0.144. The summed E-state index contributed by atoms with van der Waals surface area (Å²) in [6.07, 6.45) is 0.438. The van der Waals surface area contributed by atoms with Gasteiger partial charge in [0, 0.05) is 30.9 Å². The highest BCUT2D eigenvalue weighted by Gasteiger charge is 2.12. The number of amides is 1. The standard InChI is InChI=1S/C14H19ClN4OS/c1-4-19(5-2)11(20)6-7-16-12-10-8-9(3)21-13(10)18-14(15)17-12/h8H,4-7H2,1-3H3,(H,16,17,18). The van der Waals surface area contributed by atoms with E-state index in [4.69, 9.17) is 11.6 Å². The van der Waals surface area contributed by atoms with Crippen molar-refractivity contribution in [1.29, 1.82) is 0 Å². The van der Waals surface area contributed by atoms with Gasteiger partial charge in [-0.1, -0.05) is 0 Å². The Hall–Kier alpha value is -1.40. The molecule has 0 aliphatic carbocycles. The van der Waals surface area contributed by atoms with Crippen LogP contribution in [0.1, 0.15) is 25.1 Å². The summed E-state index contributed by atoms with van der Waals surface area (Å²) in [5.41, 5.74) is 0. The third kappa shape index (κ3) is 3.83. The molecule has 0 unspecified atom stereocenters. The van der Waals surface area contributed by atoms with E-state index in [9.17, 15) is 4.79 Å². The predicted molar refractivity (Wildman–Crippen MR) is 88.2 cm³/mol. The maximum atomic E-state index is 12.0. The zero-order valence-electron chi connectivity index (χ0n) is 12.4. The average molecular weight is 327 g/mol. The number of nitrogens with zero attached hydrogens (tertiary/aromatic N) is 3. The number of thiophene rings is 1. The number of carbonyl (C=O) groups excluding carboxylic acids is 1. The lowest BCUT2D eigenvalue weighted by molar-refractivity contribution is -0.130. The highest BCUT2D eigenvalue weighted by molar-refractivity contribution is 7.18. The molecule has 0 atom stereocenters. The van der Waals surface area contributed by atoms with Crippen LogP contribution in [0.2, 0.25) is 5.28 Å². The second kappa shape index (κ2) is 7.04. The zero-order chi connectivity index (χ0) is 15.4. The van der Waals surface area contributed by atoms with Gasteiger partial charge in [-0.3, -0.25) is 4.79 Å². The quantitative estimate of drug-likeness (QED) is 0.827. The van der Waals surface area contributed by atoms with Gasteiger partial charge in [0.2, 0.25) is 11.2 Å². The van der Waals surface area contributed by atoms with Crippen LogP contribution < -0.4 is 5.32 Å². The second-order valence-electron chi connectivity index (χ2n) is 4.66. The number of anilines is 1. The molecule has 0 fully saturated rings. The van der Waals surface area contributed by atoms with Gasteiger partial charge in [0.05, 0.1) is 5.39 Å². The van der Waals surface area contributed by atoms with Crippen LogP contribution in [0.4, 0.5) is 5.82 Å². The first-order valence-electron chi connectivity index (χ1n) is 7.00. The molecule has 7 heteroatoms. The number of hydrogen-bond donors (Lipinski definition) is 1. The van der Waals surface area contributed by atoms with Crippen molar-refractivity contribution in [2.24, 2.45) is 0 Å². The van der Waals surface area contributed by atoms with Crippen LogP contribution in [0.15, 0.2) is 6.07 Å². The normalized spacial score (nSPS) is 10.9. The molecule has 114 valence electrons. The van der Waals surface area contributed by atoms with Crippen molar-refractivity contribution >= 4 is 44.9 Å². The molecule has 2 aromatic heterocycles. The molecule has 5 nitrogen and oxygen atoms in total. The lowest BCUT2D eigenvalue weighted by Crippen LogP contribution is -2.31. The molecular weight excluding hydrogens is 308 g/mol. The fourth-order valence-electron chi connectivity index (χ4n) is 2.17. The Kier molecular flexibility index (Phi) is 5.36. The SMILES string of the molecule is CCN(CC)C(=O)CCNc1nc(Cl)nc2sc(C)cc12. The van der Waals surface area contributed by atoms with Gasteiger partial charge in [-0.05, 0) is 38.4 Å². The number of nitrogens with one attached hydrogen (secondary N) is 1. The van der Waals surface area contributed by atoms with Crippen LogP contribution >= 0.6 is 22.9 Å². The van der Waals surface area contributed by atoms with E-state index in [0.717, 1.165) is 28.2 Å². The highest BCUT2D eigenvalue weighted by Crippen LogP contribution is 2.29. The Balaban J connectivity index is 2.05. The molecule has 21 heavy (non-hydrogen) atoms. The summed E-state index contributed by atoms with van der Waals surface area (Å²) in [5, 5.41) is 4.38. The van der Waals surface area contributed by atoms with Crippen LogP contribution in [0.3, 0.4) is 0 Å². The second-order valence-corrected chi connectivity index (χ2v) is 6.23. The first-order valence-corrected chi connectivity index (χ1v) is 8.19. The van der Waals surface area contributed by atoms with E-state index in [-0.39, 0.29) is 11.2 Å². The van der Waals surface area contributed by atoms with Crippen LogP contribution in [-0.4, -0.2) is 40.4 Å². The molecule has 2 rings (SSSR count). The van der Waals surface area contributed by atoms with E-state index in [2.05, 4.69) is 15.3 Å². The summed E-state index contributed by atoms with van der Waals surface area (Å²) in [6, 6.07) is 2.03. The van der Waals surface area contributed by atoms with Crippen molar-refractivity contribution in [2.75, 3.05) is 25.0 Å². The number of aryl methyl sites for hydroxylation is 1. The number of carbonyl (C=O) groups is 1. The topological polar surface area (TPSA) is 58.1 Å². The Labute approximate surface area is 133 Å². The molecule has 0 aromatic carbocycles. The van der Waals surface area contributed by atoms with E-state index < -0.39 is 0 Å². The lowest BCUT2D eigenvalue weighted by Gasteiger charge is -2.18. The summed E-state index contributed by atoms with van der Waals surface area (Å²) in [7, 11) is 0. The first kappa shape index (κ1) is 16.0. The Bertz CT molecular complexity index is 639. The van der Waals surface area contributed by atoms with Crippen LogP contribution in [0, 0.1) is 6.92 Å². The van der Waals surface area contributed by atoms with Crippen molar-refractivity contribution in [3.63, 3.8) is 0 Å². The maximum absolute atomic E-state index is 12.0. The number of aromatic nitrogens is 2. The molecule has 0 aliphatic heterocycles. The Morgan fingerprint density at radius 3 is 2.76 bits per heavy atom. The van der Waals surface area contributed by atoms with Gasteiger partial charge in [0.25, 0.3) is 0 Å². The van der Waals surface area contributed by atoms with Crippen molar-refractivity contribution in [1.82, 2.24) is 14.9 Å². The number of hydrogen-bond acceptors (Lipinski definition) is 5. The van der Waals surface area contributed by atoms with Crippen molar-refractivity contribution < 1.29 is 4.79 Å². The third-order valence-electron chi connectivity index (χ3n) is 3.24. The largest absolute Gasteiger partial charge is 0.369 e. The van der Waals surface area contributed by atoms with Crippen LogP contribution in [0.25, 0.3) is 10.2 Å². The van der Waals surface area contributed by atoms with Crippen molar-refractivity contribution in [3.8, 4) is 0 Å². The summed E-state index contributed by atoms with van der Waals surface area (Å²) < 4.78 is 0. The molecular formula is C14H19ClN4OS. The van der Waals surface area contributed by atoms with Crippen LogP contribution in [-0.2, 0) is 4.79 Å². The van der Waals surface area contributed by atoms with Crippen LogP contribution in [0.5, 0.6) is 0 Å². The minimum Gasteiger partial charge on any atom is -0.369 e. The maximum Gasteiger partial charge on any atom is 0.225 e. The molecule has 0 saturated carbocycles. The number of halogens is 1. The molecule has 0 aliphatic rings. The highest BCUT2D eigenvalue weighted by atomic mass is 35.5. The van der Waals surface area contributed by atoms with Gasteiger partial charge in [-0.2, -0.15) is 0 Å². The van der Waals surface area contributed by atoms with Gasteiger partial charge in [0.15, 0.2) is 0 Å². The van der Waals surface area contributed by atoms with Crippen molar-refractivity contribution in [2.45, 2.75) is 27.2 Å². The molecule has 2 aromatic rings. The summed E-state index contributed by atoms with van der Waals surface area (Å²) in [5.74, 6) is 0.840. The molecule has 0 bridgehead atoms. The molecule has 1 N–H and O–H groups in total. The minimum absolute atomic E-state index is 0.144. The molecule has 1 amide bonds. The fourth-order valence-corrected chi connectivity index (χ4v) is 3.27. The monoisotopic (exact) mass is 326 g/mol. The van der Waals surface area contributed by atoms with Gasteiger partial charge >= 0.3 is 0 Å². The van der Waals surface area contributed by atoms with Gasteiger partial charge in [-0.15, -0.1) is 11.3 Å². The lowest BCUT2D eigenvalue weighted by atomic mass is 10.3. The first-order chi connectivity index (χ1) is 10.0. The molecule has 0 radical (unpaired) electrons. The fraction of sp³-hybridized carbons (Fsp3) is 0.500. The predicted octanol–water partition coefficient (Wildman–Crippen LogP) is 3.32. The summed E-state index contributed by atoms with van der Waals surface area (Å²) >= 11 is 7.52. The number of fused-ring (bicyclic) bond motifs is 1. The smallest absolute Gasteiger partial charge is 0.225 e. The Morgan fingerprint density at radius 1 is 1.38 bits per heavy atom. The van der Waals surface area contributed by atoms with E-state index >= 15 is 0 Å². The van der Waals surface area contributed by atoms with E-state index in [1.807, 2.05) is 31.7 Å². The average Bonchev–Trinajstić information content (AvgIpc) is 2.80. The van der Waals surface area contributed by atoms with Gasteiger partial charge < -0.3 is 10.2 Å². The van der Waals surface area contributed by atoms with E-state index in [1.54, 1.807) is 11.3 Å². The molecule has 0 spiro atoms.